The Kier molecular flexibility index (Phi) is 6.71. The van der Waals surface area contributed by atoms with Crippen LogP contribution in [0.5, 0.6) is 5.75 Å². The topological polar surface area (TPSA) is 66.9 Å². The number of hydrogen-bond donors (Lipinski definition) is 0. The molecule has 1 heterocycles. The highest BCUT2D eigenvalue weighted by Crippen LogP contribution is 2.28. The van der Waals surface area contributed by atoms with Crippen molar-refractivity contribution < 1.29 is 17.9 Å². The van der Waals surface area contributed by atoms with Crippen molar-refractivity contribution in [2.45, 2.75) is 38.5 Å². The van der Waals surface area contributed by atoms with E-state index in [4.69, 9.17) is 4.74 Å². The molecule has 7 heteroatoms. The largest absolute Gasteiger partial charge is 0.497 e. The van der Waals surface area contributed by atoms with Gasteiger partial charge in [-0.3, -0.25) is 9.10 Å². The fraction of sp³-hybridized carbons (Fsp3) is 0.435. The van der Waals surface area contributed by atoms with Gasteiger partial charge in [0.15, 0.2) is 0 Å². The van der Waals surface area contributed by atoms with Gasteiger partial charge in [0.05, 0.1) is 17.7 Å². The van der Waals surface area contributed by atoms with Gasteiger partial charge in [0.25, 0.3) is 10.0 Å². The minimum atomic E-state index is -3.93. The Balaban J connectivity index is 1.98. The molecule has 1 saturated heterocycles. The van der Waals surface area contributed by atoms with Gasteiger partial charge in [-0.2, -0.15) is 0 Å². The quantitative estimate of drug-likeness (QED) is 0.700. The van der Waals surface area contributed by atoms with Gasteiger partial charge in [-0.25, -0.2) is 8.42 Å². The lowest BCUT2D eigenvalue weighted by atomic mass is 9.99. The Morgan fingerprint density at radius 3 is 2.33 bits per heavy atom. The summed E-state index contributed by atoms with van der Waals surface area (Å²) in [6.45, 7) is 6.91. The Bertz CT molecular complexity index is 994. The summed E-state index contributed by atoms with van der Waals surface area (Å²) in [5, 5.41) is 0. The SMILES string of the molecule is COc1ccc(N(CC(=O)N2CCC(C)CC2)S(=O)(=O)c2cc(C)ccc2C)cc1. The number of rotatable bonds is 6. The fourth-order valence-corrected chi connectivity index (χ4v) is 5.38. The van der Waals surface area contributed by atoms with Gasteiger partial charge in [-0.15, -0.1) is 0 Å². The molecule has 0 unspecified atom stereocenters. The molecule has 0 bridgehead atoms. The average Bonchev–Trinajstić information content (AvgIpc) is 2.74. The van der Waals surface area contributed by atoms with E-state index in [1.165, 1.54) is 4.31 Å². The average molecular weight is 431 g/mol. The highest BCUT2D eigenvalue weighted by molar-refractivity contribution is 7.93. The van der Waals surface area contributed by atoms with E-state index in [0.717, 1.165) is 18.4 Å². The van der Waals surface area contributed by atoms with Crippen molar-refractivity contribution >= 4 is 21.6 Å². The molecule has 6 nitrogen and oxygen atoms in total. The molecule has 0 spiro atoms. The second-order valence-corrected chi connectivity index (χ2v) is 9.87. The zero-order chi connectivity index (χ0) is 21.9. The number of carbonyl (C=O) groups is 1. The van der Waals surface area contributed by atoms with Crippen molar-refractivity contribution in [1.82, 2.24) is 4.90 Å². The molecule has 0 aliphatic carbocycles. The molecule has 2 aromatic rings. The third-order valence-corrected chi connectivity index (χ3v) is 7.60. The lowest BCUT2D eigenvalue weighted by Crippen LogP contribution is -2.45. The van der Waals surface area contributed by atoms with E-state index < -0.39 is 10.0 Å². The van der Waals surface area contributed by atoms with Gasteiger partial charge in [-0.05, 0) is 74.1 Å². The molecule has 0 radical (unpaired) electrons. The van der Waals surface area contributed by atoms with Crippen molar-refractivity contribution in [3.05, 3.63) is 53.6 Å². The summed E-state index contributed by atoms with van der Waals surface area (Å²) >= 11 is 0. The van der Waals surface area contributed by atoms with Crippen LogP contribution in [-0.2, 0) is 14.8 Å². The van der Waals surface area contributed by atoms with Crippen molar-refractivity contribution in [2.75, 3.05) is 31.0 Å². The van der Waals surface area contributed by atoms with Crippen LogP contribution in [0.1, 0.15) is 30.9 Å². The molecule has 162 valence electrons. The van der Waals surface area contributed by atoms with Crippen molar-refractivity contribution in [1.29, 1.82) is 0 Å². The molecular weight excluding hydrogens is 400 g/mol. The van der Waals surface area contributed by atoms with Crippen molar-refractivity contribution in [3.8, 4) is 5.75 Å². The standard InChI is InChI=1S/C23H30N2O4S/c1-17-11-13-24(14-12-17)23(26)16-25(20-7-9-21(29-4)10-8-20)30(27,28)22-15-18(2)5-6-19(22)3/h5-10,15,17H,11-14,16H2,1-4H3. The smallest absolute Gasteiger partial charge is 0.265 e. The highest BCUT2D eigenvalue weighted by Gasteiger charge is 2.31. The predicted octanol–water partition coefficient (Wildman–Crippen LogP) is 3.77. The summed E-state index contributed by atoms with van der Waals surface area (Å²) in [6, 6.07) is 12.1. The number of methoxy groups -OCH3 is 1. The van der Waals surface area contributed by atoms with E-state index >= 15 is 0 Å². The minimum Gasteiger partial charge on any atom is -0.497 e. The first-order valence-electron chi connectivity index (χ1n) is 10.2. The van der Waals surface area contributed by atoms with E-state index in [-0.39, 0.29) is 17.3 Å². The summed E-state index contributed by atoms with van der Waals surface area (Å²) in [6.07, 6.45) is 1.88. The molecule has 1 fully saturated rings. The van der Waals surface area contributed by atoms with Crippen LogP contribution in [0, 0.1) is 19.8 Å². The van der Waals surface area contributed by atoms with Crippen LogP contribution in [-0.4, -0.2) is 46.0 Å². The minimum absolute atomic E-state index is 0.174. The highest BCUT2D eigenvalue weighted by atomic mass is 32.2. The normalized spacial score (nSPS) is 15.1. The van der Waals surface area contributed by atoms with E-state index in [0.29, 0.717) is 36.0 Å². The number of anilines is 1. The molecule has 1 aliphatic rings. The first-order valence-corrected chi connectivity index (χ1v) is 11.7. The van der Waals surface area contributed by atoms with Gasteiger partial charge < -0.3 is 9.64 Å². The first-order chi connectivity index (χ1) is 14.2. The Hall–Kier alpha value is -2.54. The number of benzene rings is 2. The number of ether oxygens (including phenoxy) is 1. The molecule has 3 rings (SSSR count). The zero-order valence-corrected chi connectivity index (χ0v) is 18.9. The van der Waals surface area contributed by atoms with Gasteiger partial charge in [0, 0.05) is 13.1 Å². The number of amides is 1. The summed E-state index contributed by atoms with van der Waals surface area (Å²) in [4.78, 5) is 15.0. The number of aryl methyl sites for hydroxylation is 2. The fourth-order valence-electron chi connectivity index (χ4n) is 3.65. The molecule has 0 saturated carbocycles. The first kappa shape index (κ1) is 22.2. The van der Waals surface area contributed by atoms with Crippen LogP contribution in [0.3, 0.4) is 0 Å². The number of sulfonamides is 1. The maximum absolute atomic E-state index is 13.7. The summed E-state index contributed by atoms with van der Waals surface area (Å²) in [5.74, 6) is 1.04. The van der Waals surface area contributed by atoms with E-state index in [9.17, 15) is 13.2 Å². The molecule has 0 N–H and O–H groups in total. The Morgan fingerprint density at radius 2 is 1.73 bits per heavy atom. The number of carbonyl (C=O) groups excluding carboxylic acids is 1. The zero-order valence-electron chi connectivity index (χ0n) is 18.1. The Labute approximate surface area is 179 Å². The van der Waals surface area contributed by atoms with Crippen LogP contribution < -0.4 is 9.04 Å². The van der Waals surface area contributed by atoms with Crippen LogP contribution in [0.2, 0.25) is 0 Å². The van der Waals surface area contributed by atoms with Gasteiger partial charge in [0.1, 0.15) is 12.3 Å². The summed E-state index contributed by atoms with van der Waals surface area (Å²) in [7, 11) is -2.37. The Morgan fingerprint density at radius 1 is 1.10 bits per heavy atom. The van der Waals surface area contributed by atoms with Gasteiger partial charge >= 0.3 is 0 Å². The molecule has 2 aromatic carbocycles. The number of nitrogens with zero attached hydrogens (tertiary/aromatic N) is 2. The van der Waals surface area contributed by atoms with Crippen LogP contribution >= 0.6 is 0 Å². The molecule has 0 atom stereocenters. The van der Waals surface area contributed by atoms with E-state index in [1.54, 1.807) is 55.3 Å². The molecular formula is C23H30N2O4S. The van der Waals surface area contributed by atoms with Crippen LogP contribution in [0.15, 0.2) is 47.4 Å². The number of piperidine rings is 1. The third-order valence-electron chi connectivity index (χ3n) is 5.69. The second kappa shape index (κ2) is 9.08. The van der Waals surface area contributed by atoms with Crippen LogP contribution in [0.25, 0.3) is 0 Å². The maximum Gasteiger partial charge on any atom is 0.265 e. The lowest BCUT2D eigenvalue weighted by molar-refractivity contribution is -0.130. The van der Waals surface area contributed by atoms with Gasteiger partial charge in [0.2, 0.25) is 5.91 Å². The second-order valence-electron chi connectivity index (χ2n) is 8.04. The summed E-state index contributed by atoms with van der Waals surface area (Å²) in [5.41, 5.74) is 1.94. The monoisotopic (exact) mass is 430 g/mol. The van der Waals surface area contributed by atoms with E-state index in [1.807, 2.05) is 13.0 Å². The lowest BCUT2D eigenvalue weighted by Gasteiger charge is -2.33. The van der Waals surface area contributed by atoms with Crippen LogP contribution in [0.4, 0.5) is 5.69 Å². The molecule has 30 heavy (non-hydrogen) atoms. The van der Waals surface area contributed by atoms with Crippen molar-refractivity contribution in [3.63, 3.8) is 0 Å². The molecule has 0 aromatic heterocycles. The summed E-state index contributed by atoms with van der Waals surface area (Å²) < 4.78 is 33.7. The van der Waals surface area contributed by atoms with E-state index in [2.05, 4.69) is 6.92 Å². The predicted molar refractivity (Wildman–Crippen MR) is 118 cm³/mol. The molecule has 1 amide bonds. The third kappa shape index (κ3) is 4.78. The molecule has 1 aliphatic heterocycles. The number of likely N-dealkylation sites (tertiary alicyclic amines) is 1. The number of hydrogen-bond acceptors (Lipinski definition) is 4. The van der Waals surface area contributed by atoms with Crippen molar-refractivity contribution in [2.24, 2.45) is 5.92 Å². The maximum atomic E-state index is 13.7. The van der Waals surface area contributed by atoms with Gasteiger partial charge in [-0.1, -0.05) is 19.1 Å².